The van der Waals surface area contributed by atoms with E-state index in [2.05, 4.69) is 15.2 Å². The van der Waals surface area contributed by atoms with Gasteiger partial charge in [-0.3, -0.25) is 14.0 Å². The van der Waals surface area contributed by atoms with Crippen LogP contribution < -0.4 is 10.9 Å². The van der Waals surface area contributed by atoms with Crippen LogP contribution in [0.15, 0.2) is 59.5 Å². The molecular weight excluding hydrogens is 364 g/mol. The molecule has 0 unspecified atom stereocenters. The number of hydrogen-bond donors (Lipinski definition) is 1. The Kier molecular flexibility index (Phi) is 5.27. The van der Waals surface area contributed by atoms with E-state index in [1.165, 1.54) is 4.40 Å². The molecule has 0 saturated heterocycles. The molecule has 0 atom stereocenters. The predicted molar refractivity (Wildman–Crippen MR) is 117 cm³/mol. The number of aromatic nitrogens is 2. The molecule has 0 bridgehead atoms. The van der Waals surface area contributed by atoms with Gasteiger partial charge in [-0.2, -0.15) is 0 Å². The smallest absolute Gasteiger partial charge is 0.265 e. The van der Waals surface area contributed by atoms with Gasteiger partial charge in [0.25, 0.3) is 11.5 Å². The van der Waals surface area contributed by atoms with Crippen molar-refractivity contribution >= 4 is 33.2 Å². The highest BCUT2D eigenvalue weighted by Gasteiger charge is 2.14. The number of rotatable bonds is 6. The summed E-state index contributed by atoms with van der Waals surface area (Å²) in [6.07, 6.45) is 3.57. The zero-order chi connectivity index (χ0) is 20.4. The summed E-state index contributed by atoms with van der Waals surface area (Å²) in [5.74, 6) is -0.208. The third kappa shape index (κ3) is 3.84. The number of unbranched alkanes of at least 4 members (excludes halogenated alkanes) is 1. The van der Waals surface area contributed by atoms with Gasteiger partial charge in [0.15, 0.2) is 5.65 Å². The van der Waals surface area contributed by atoms with Crippen LogP contribution in [0.1, 0.15) is 23.2 Å². The lowest BCUT2D eigenvalue weighted by atomic mass is 10.1. The number of benzene rings is 2. The number of pyridine rings is 1. The zero-order valence-electron chi connectivity index (χ0n) is 16.7. The Balaban J connectivity index is 1.71. The second-order valence-corrected chi connectivity index (χ2v) is 7.52. The number of amides is 1. The maximum absolute atomic E-state index is 13.1. The molecule has 0 radical (unpaired) electrons. The monoisotopic (exact) mass is 388 g/mol. The van der Waals surface area contributed by atoms with E-state index in [1.54, 1.807) is 18.3 Å². The molecule has 148 valence electrons. The second-order valence-electron chi connectivity index (χ2n) is 7.52. The highest BCUT2D eigenvalue weighted by molar-refractivity contribution is 6.02. The number of hydrogen-bond acceptors (Lipinski definition) is 4. The van der Waals surface area contributed by atoms with E-state index in [4.69, 9.17) is 0 Å². The van der Waals surface area contributed by atoms with E-state index < -0.39 is 0 Å². The van der Waals surface area contributed by atoms with Crippen LogP contribution in [0, 0.1) is 0 Å². The van der Waals surface area contributed by atoms with Crippen LogP contribution in [-0.2, 0) is 0 Å². The van der Waals surface area contributed by atoms with Crippen LogP contribution >= 0.6 is 0 Å². The molecule has 29 heavy (non-hydrogen) atoms. The van der Waals surface area contributed by atoms with Gasteiger partial charge in [0.2, 0.25) is 0 Å². The summed E-state index contributed by atoms with van der Waals surface area (Å²) in [6.45, 7) is 1.58. The molecule has 0 spiro atoms. The van der Waals surface area contributed by atoms with Crippen molar-refractivity contribution in [2.24, 2.45) is 0 Å². The van der Waals surface area contributed by atoms with Gasteiger partial charge in [0, 0.05) is 12.7 Å². The van der Waals surface area contributed by atoms with Crippen LogP contribution in [0.3, 0.4) is 0 Å². The molecule has 6 heteroatoms. The lowest BCUT2D eigenvalue weighted by Crippen LogP contribution is -2.27. The second kappa shape index (κ2) is 8.01. The van der Waals surface area contributed by atoms with Crippen molar-refractivity contribution in [2.45, 2.75) is 12.8 Å². The quantitative estimate of drug-likeness (QED) is 0.407. The first-order chi connectivity index (χ1) is 14.0. The number of nitrogens with zero attached hydrogens (tertiary/aromatic N) is 3. The fourth-order valence-corrected chi connectivity index (χ4v) is 3.54. The van der Waals surface area contributed by atoms with Gasteiger partial charge < -0.3 is 10.2 Å². The SMILES string of the molecule is CN(C)CCCCNC(=O)c1cccn2c(=O)c3cc4ccccc4cc3nc12. The molecule has 4 rings (SSSR count). The fraction of sp³-hybridized carbons (Fsp3) is 0.261. The Morgan fingerprint density at radius 1 is 1.07 bits per heavy atom. The molecule has 1 amide bonds. The number of carbonyl (C=O) groups excluding carboxylic acids is 1. The van der Waals surface area contributed by atoms with E-state index in [1.807, 2.05) is 50.5 Å². The van der Waals surface area contributed by atoms with Gasteiger partial charge in [-0.05, 0) is 68.5 Å². The van der Waals surface area contributed by atoms with Crippen LogP contribution in [0.2, 0.25) is 0 Å². The molecular formula is C23H24N4O2. The molecule has 0 aliphatic heterocycles. The predicted octanol–water partition coefficient (Wildman–Crippen LogP) is 3.07. The summed E-state index contributed by atoms with van der Waals surface area (Å²) >= 11 is 0. The minimum atomic E-state index is -0.208. The van der Waals surface area contributed by atoms with Gasteiger partial charge in [-0.1, -0.05) is 24.3 Å². The maximum Gasteiger partial charge on any atom is 0.265 e. The standard InChI is InChI=1S/C23H24N4O2/c1-26(2)12-6-5-11-24-22(28)18-10-7-13-27-21(18)25-20-15-17-9-4-3-8-16(17)14-19(20)23(27)29/h3-4,7-10,13-15H,5-6,11-12H2,1-2H3,(H,24,28). The molecule has 4 aromatic rings. The summed E-state index contributed by atoms with van der Waals surface area (Å²) < 4.78 is 1.46. The van der Waals surface area contributed by atoms with E-state index in [0.717, 1.165) is 30.2 Å². The molecule has 6 nitrogen and oxygen atoms in total. The largest absolute Gasteiger partial charge is 0.352 e. The van der Waals surface area contributed by atoms with Gasteiger partial charge in [-0.25, -0.2) is 4.98 Å². The normalized spacial score (nSPS) is 11.6. The molecule has 1 N–H and O–H groups in total. The first kappa shape index (κ1) is 19.1. The van der Waals surface area contributed by atoms with Crippen molar-refractivity contribution in [2.75, 3.05) is 27.2 Å². The van der Waals surface area contributed by atoms with Gasteiger partial charge in [0.05, 0.1) is 16.5 Å². The Morgan fingerprint density at radius 2 is 1.83 bits per heavy atom. The third-order valence-electron chi connectivity index (χ3n) is 5.07. The van der Waals surface area contributed by atoms with E-state index in [-0.39, 0.29) is 11.5 Å². The van der Waals surface area contributed by atoms with Crippen LogP contribution in [0.4, 0.5) is 0 Å². The Labute approximate surface area is 168 Å². The average Bonchev–Trinajstić information content (AvgIpc) is 2.72. The summed E-state index contributed by atoms with van der Waals surface area (Å²) in [4.78, 5) is 32.6. The molecule has 0 fully saturated rings. The zero-order valence-corrected chi connectivity index (χ0v) is 16.7. The van der Waals surface area contributed by atoms with Crippen LogP contribution in [0.25, 0.3) is 27.3 Å². The summed E-state index contributed by atoms with van der Waals surface area (Å²) in [6, 6.07) is 15.1. The maximum atomic E-state index is 13.1. The van der Waals surface area contributed by atoms with Crippen molar-refractivity contribution in [1.29, 1.82) is 0 Å². The minimum absolute atomic E-state index is 0.170. The van der Waals surface area contributed by atoms with Crippen molar-refractivity contribution in [1.82, 2.24) is 19.6 Å². The van der Waals surface area contributed by atoms with Crippen molar-refractivity contribution in [3.05, 3.63) is 70.6 Å². The van der Waals surface area contributed by atoms with Crippen LogP contribution in [-0.4, -0.2) is 47.4 Å². The highest BCUT2D eigenvalue weighted by Crippen LogP contribution is 2.20. The van der Waals surface area contributed by atoms with E-state index in [9.17, 15) is 9.59 Å². The summed E-state index contributed by atoms with van der Waals surface area (Å²) in [7, 11) is 4.07. The van der Waals surface area contributed by atoms with E-state index >= 15 is 0 Å². The summed E-state index contributed by atoms with van der Waals surface area (Å²) in [5.41, 5.74) is 1.22. The lowest BCUT2D eigenvalue weighted by Gasteiger charge is -2.11. The lowest BCUT2D eigenvalue weighted by molar-refractivity contribution is 0.0954. The number of nitrogens with one attached hydrogen (secondary N) is 1. The Bertz CT molecular complexity index is 1260. The van der Waals surface area contributed by atoms with Gasteiger partial charge in [0.1, 0.15) is 0 Å². The molecule has 2 aromatic heterocycles. The minimum Gasteiger partial charge on any atom is -0.352 e. The molecule has 2 aromatic carbocycles. The average molecular weight is 388 g/mol. The van der Waals surface area contributed by atoms with Crippen molar-refractivity contribution in [3.8, 4) is 0 Å². The molecule has 0 aliphatic carbocycles. The fourth-order valence-electron chi connectivity index (χ4n) is 3.54. The van der Waals surface area contributed by atoms with Crippen molar-refractivity contribution < 1.29 is 4.79 Å². The van der Waals surface area contributed by atoms with Gasteiger partial charge in [-0.15, -0.1) is 0 Å². The van der Waals surface area contributed by atoms with E-state index in [0.29, 0.717) is 28.7 Å². The summed E-state index contributed by atoms with van der Waals surface area (Å²) in [5, 5.41) is 5.50. The highest BCUT2D eigenvalue weighted by atomic mass is 16.1. The molecule has 0 aliphatic rings. The third-order valence-corrected chi connectivity index (χ3v) is 5.07. The molecule has 0 saturated carbocycles. The topological polar surface area (TPSA) is 66.7 Å². The Morgan fingerprint density at radius 3 is 2.59 bits per heavy atom. The first-order valence-electron chi connectivity index (χ1n) is 9.81. The van der Waals surface area contributed by atoms with Crippen LogP contribution in [0.5, 0.6) is 0 Å². The number of fused-ring (bicyclic) bond motifs is 3. The van der Waals surface area contributed by atoms with Crippen molar-refractivity contribution in [3.63, 3.8) is 0 Å². The first-order valence-corrected chi connectivity index (χ1v) is 9.81. The van der Waals surface area contributed by atoms with Gasteiger partial charge >= 0.3 is 0 Å². The molecule has 2 heterocycles. The number of carbonyl (C=O) groups is 1. The Hall–Kier alpha value is -3.25.